The van der Waals surface area contributed by atoms with Crippen molar-refractivity contribution >= 4 is 21.4 Å². The van der Waals surface area contributed by atoms with Crippen molar-refractivity contribution in [3.8, 4) is 0 Å². The maximum atomic E-state index is 13.4. The summed E-state index contributed by atoms with van der Waals surface area (Å²) in [6.07, 6.45) is 0. The van der Waals surface area contributed by atoms with Gasteiger partial charge in [-0.15, -0.1) is 0 Å². The van der Waals surface area contributed by atoms with E-state index in [1.807, 2.05) is 0 Å². The van der Waals surface area contributed by atoms with Crippen LogP contribution >= 0.6 is 0 Å². The lowest BCUT2D eigenvalue weighted by atomic mass is 10.1. The second-order valence-electron chi connectivity index (χ2n) is 5.10. The van der Waals surface area contributed by atoms with Gasteiger partial charge in [0.25, 0.3) is 10.0 Å². The molecule has 0 aromatic heterocycles. The number of anilines is 2. The molecule has 2 rings (SSSR count). The Kier molecular flexibility index (Phi) is 3.91. The Morgan fingerprint density at radius 3 is 2.24 bits per heavy atom. The third kappa shape index (κ3) is 3.33. The van der Waals surface area contributed by atoms with E-state index in [0.29, 0.717) is 16.8 Å². The molecule has 0 bridgehead atoms. The zero-order valence-corrected chi connectivity index (χ0v) is 12.9. The van der Waals surface area contributed by atoms with Crippen LogP contribution in [0.3, 0.4) is 0 Å². The Labute approximate surface area is 123 Å². The monoisotopic (exact) mass is 308 g/mol. The van der Waals surface area contributed by atoms with Crippen molar-refractivity contribution in [2.75, 3.05) is 10.5 Å². The van der Waals surface area contributed by atoms with E-state index in [4.69, 9.17) is 5.73 Å². The number of rotatable bonds is 3. The Morgan fingerprint density at radius 1 is 1.00 bits per heavy atom. The Morgan fingerprint density at radius 2 is 1.62 bits per heavy atom. The fourth-order valence-corrected chi connectivity index (χ4v) is 3.54. The zero-order valence-electron chi connectivity index (χ0n) is 12.1. The molecule has 0 saturated heterocycles. The quantitative estimate of drug-likeness (QED) is 0.856. The van der Waals surface area contributed by atoms with Gasteiger partial charge in [-0.05, 0) is 67.8 Å². The van der Waals surface area contributed by atoms with Gasteiger partial charge in [0.05, 0.1) is 10.6 Å². The molecule has 3 N–H and O–H groups in total. The fraction of sp³-hybridized carbons (Fsp3) is 0.200. The second kappa shape index (κ2) is 5.37. The van der Waals surface area contributed by atoms with E-state index in [2.05, 4.69) is 4.72 Å². The van der Waals surface area contributed by atoms with Crippen LogP contribution in [0.15, 0.2) is 35.2 Å². The first kappa shape index (κ1) is 15.3. The number of sulfonamides is 1. The molecule has 2 aromatic rings. The van der Waals surface area contributed by atoms with Gasteiger partial charge in [0, 0.05) is 5.69 Å². The van der Waals surface area contributed by atoms with Crippen LogP contribution in [0.1, 0.15) is 16.7 Å². The summed E-state index contributed by atoms with van der Waals surface area (Å²) in [5, 5.41) is 0. The highest BCUT2D eigenvalue weighted by Gasteiger charge is 2.19. The van der Waals surface area contributed by atoms with Gasteiger partial charge in [0.15, 0.2) is 0 Å². The van der Waals surface area contributed by atoms with Gasteiger partial charge in [0.2, 0.25) is 0 Å². The van der Waals surface area contributed by atoms with Gasteiger partial charge >= 0.3 is 0 Å². The highest BCUT2D eigenvalue weighted by molar-refractivity contribution is 7.92. The van der Waals surface area contributed by atoms with E-state index in [9.17, 15) is 12.8 Å². The van der Waals surface area contributed by atoms with Crippen LogP contribution in [-0.2, 0) is 10.0 Å². The summed E-state index contributed by atoms with van der Waals surface area (Å²) in [4.78, 5) is 0.0990. The topological polar surface area (TPSA) is 72.2 Å². The van der Waals surface area contributed by atoms with Crippen molar-refractivity contribution in [3.63, 3.8) is 0 Å². The summed E-state index contributed by atoms with van der Waals surface area (Å²) < 4.78 is 40.7. The van der Waals surface area contributed by atoms with Crippen molar-refractivity contribution in [3.05, 3.63) is 52.8 Å². The molecule has 0 amide bonds. The van der Waals surface area contributed by atoms with Gasteiger partial charge in [-0.1, -0.05) is 0 Å². The molecule has 0 atom stereocenters. The van der Waals surface area contributed by atoms with Crippen molar-refractivity contribution in [2.45, 2.75) is 25.7 Å². The summed E-state index contributed by atoms with van der Waals surface area (Å²) in [5.74, 6) is -0.492. The minimum absolute atomic E-state index is 0.0990. The standard InChI is InChI=1S/C15H17FN2O2S/c1-9-4-12(16)8-13(5-9)18-21(19,20)15-7-10(2)6-14(17)11(15)3/h4-8,18H,17H2,1-3H3. The van der Waals surface area contributed by atoms with Crippen molar-refractivity contribution in [2.24, 2.45) is 0 Å². The molecule has 2 aromatic carbocycles. The molecule has 112 valence electrons. The average Bonchev–Trinajstić information content (AvgIpc) is 2.31. The van der Waals surface area contributed by atoms with E-state index in [-0.39, 0.29) is 10.6 Å². The summed E-state index contributed by atoms with van der Waals surface area (Å²) in [6, 6.07) is 7.28. The number of aryl methyl sites for hydroxylation is 2. The molecule has 0 aliphatic rings. The molecule has 0 aliphatic carbocycles. The van der Waals surface area contributed by atoms with Crippen LogP contribution in [0, 0.1) is 26.6 Å². The van der Waals surface area contributed by atoms with Crippen LogP contribution in [0.25, 0.3) is 0 Å². The molecule has 0 fully saturated rings. The van der Waals surface area contributed by atoms with Gasteiger partial charge in [-0.3, -0.25) is 4.72 Å². The predicted molar refractivity (Wildman–Crippen MR) is 82.3 cm³/mol. The minimum atomic E-state index is -3.82. The van der Waals surface area contributed by atoms with E-state index < -0.39 is 15.8 Å². The number of hydrogen-bond acceptors (Lipinski definition) is 3. The molecule has 4 nitrogen and oxygen atoms in total. The maximum absolute atomic E-state index is 13.4. The normalized spacial score (nSPS) is 11.4. The van der Waals surface area contributed by atoms with E-state index >= 15 is 0 Å². The van der Waals surface area contributed by atoms with Gasteiger partial charge in [-0.2, -0.15) is 0 Å². The molecular weight excluding hydrogens is 291 g/mol. The van der Waals surface area contributed by atoms with E-state index in [1.165, 1.54) is 6.07 Å². The minimum Gasteiger partial charge on any atom is -0.398 e. The van der Waals surface area contributed by atoms with Crippen molar-refractivity contribution in [1.82, 2.24) is 0 Å². The number of nitrogens with two attached hydrogens (primary N) is 1. The zero-order chi connectivity index (χ0) is 15.8. The predicted octanol–water partition coefficient (Wildman–Crippen LogP) is 3.13. The van der Waals surface area contributed by atoms with E-state index in [1.54, 1.807) is 39.0 Å². The lowest BCUT2D eigenvalue weighted by Crippen LogP contribution is -2.15. The molecule has 0 unspecified atom stereocenters. The second-order valence-corrected chi connectivity index (χ2v) is 6.75. The molecule has 0 saturated carbocycles. The van der Waals surface area contributed by atoms with Gasteiger partial charge in [-0.25, -0.2) is 12.8 Å². The van der Waals surface area contributed by atoms with Gasteiger partial charge < -0.3 is 5.73 Å². The number of nitrogen functional groups attached to an aromatic ring is 1. The highest BCUT2D eigenvalue weighted by Crippen LogP contribution is 2.25. The Hall–Kier alpha value is -2.08. The summed E-state index contributed by atoms with van der Waals surface area (Å²) >= 11 is 0. The van der Waals surface area contributed by atoms with Crippen LogP contribution in [-0.4, -0.2) is 8.42 Å². The van der Waals surface area contributed by atoms with Crippen LogP contribution in [0.2, 0.25) is 0 Å². The summed E-state index contributed by atoms with van der Waals surface area (Å²) in [5.41, 5.74) is 8.25. The molecule has 0 heterocycles. The number of halogens is 1. The first-order valence-corrected chi connectivity index (χ1v) is 7.84. The van der Waals surface area contributed by atoms with Crippen LogP contribution < -0.4 is 10.5 Å². The lowest BCUT2D eigenvalue weighted by Gasteiger charge is -2.13. The molecular formula is C15H17FN2O2S. The third-order valence-corrected chi connectivity index (χ3v) is 4.64. The molecule has 0 aliphatic heterocycles. The summed E-state index contributed by atoms with van der Waals surface area (Å²) in [6.45, 7) is 5.10. The first-order valence-electron chi connectivity index (χ1n) is 6.36. The number of benzene rings is 2. The molecule has 6 heteroatoms. The highest BCUT2D eigenvalue weighted by atomic mass is 32.2. The van der Waals surface area contributed by atoms with Crippen LogP contribution in [0.4, 0.5) is 15.8 Å². The lowest BCUT2D eigenvalue weighted by molar-refractivity contribution is 0.600. The van der Waals surface area contributed by atoms with Crippen LogP contribution in [0.5, 0.6) is 0 Å². The maximum Gasteiger partial charge on any atom is 0.262 e. The van der Waals surface area contributed by atoms with E-state index in [0.717, 1.165) is 11.6 Å². The smallest absolute Gasteiger partial charge is 0.262 e. The molecule has 0 radical (unpaired) electrons. The fourth-order valence-electron chi connectivity index (χ4n) is 2.14. The SMILES string of the molecule is Cc1cc(F)cc(NS(=O)(=O)c2cc(C)cc(N)c2C)c1. The van der Waals surface area contributed by atoms with Gasteiger partial charge in [0.1, 0.15) is 5.82 Å². The molecule has 21 heavy (non-hydrogen) atoms. The average molecular weight is 308 g/mol. The largest absolute Gasteiger partial charge is 0.398 e. The Bertz CT molecular complexity index is 781. The third-order valence-electron chi connectivity index (χ3n) is 3.13. The van der Waals surface area contributed by atoms with Crippen molar-refractivity contribution in [1.29, 1.82) is 0 Å². The number of hydrogen-bond donors (Lipinski definition) is 2. The summed E-state index contributed by atoms with van der Waals surface area (Å²) in [7, 11) is -3.82. The number of nitrogens with one attached hydrogen (secondary N) is 1. The Balaban J connectivity index is 2.48. The molecule has 0 spiro atoms. The first-order chi connectivity index (χ1) is 9.69. The van der Waals surface area contributed by atoms with Crippen molar-refractivity contribution < 1.29 is 12.8 Å².